The molecule has 1 aliphatic rings. The summed E-state index contributed by atoms with van der Waals surface area (Å²) in [5.74, 6) is -2.41. The largest absolute Gasteiger partial charge is 0.481 e. The van der Waals surface area contributed by atoms with Crippen LogP contribution in [-0.4, -0.2) is 65.3 Å². The lowest BCUT2D eigenvalue weighted by molar-refractivity contribution is -0.163. The van der Waals surface area contributed by atoms with E-state index in [9.17, 15) is 31.9 Å². The molecule has 0 amide bonds. The van der Waals surface area contributed by atoms with Crippen molar-refractivity contribution < 1.29 is 41.3 Å². The molecule has 0 spiro atoms. The second kappa shape index (κ2) is 11.3. The molecule has 1 fully saturated rings. The highest BCUT2D eigenvalue weighted by Crippen LogP contribution is 2.43. The highest BCUT2D eigenvalue weighted by atomic mass is 32.1. The molecule has 200 valence electrons. The first-order valence-electron chi connectivity index (χ1n) is 11.2. The zero-order valence-electron chi connectivity index (χ0n) is 20.0. The minimum atomic E-state index is -3.15. The quantitative estimate of drug-likeness (QED) is 0.419. The Morgan fingerprint density at radius 2 is 2.00 bits per heavy atom. The molecule has 0 aromatic carbocycles. The number of pyridine rings is 1. The number of thiazole rings is 1. The lowest BCUT2D eigenvalue weighted by Crippen LogP contribution is -2.55. The molecule has 0 saturated carbocycles. The van der Waals surface area contributed by atoms with Crippen LogP contribution in [0.15, 0.2) is 18.5 Å². The maximum atomic E-state index is 13.8. The van der Waals surface area contributed by atoms with E-state index >= 15 is 0 Å². The van der Waals surface area contributed by atoms with Gasteiger partial charge >= 0.3 is 12.6 Å². The van der Waals surface area contributed by atoms with E-state index in [0.717, 1.165) is 23.6 Å². The number of ether oxygens (including phenoxy) is 2. The van der Waals surface area contributed by atoms with Gasteiger partial charge in [0.25, 0.3) is 6.43 Å². The van der Waals surface area contributed by atoms with Gasteiger partial charge in [0.05, 0.1) is 18.4 Å². The smallest absolute Gasteiger partial charge is 0.388 e. The zero-order chi connectivity index (χ0) is 26.7. The Kier molecular flexibility index (Phi) is 8.88. The van der Waals surface area contributed by atoms with E-state index in [1.54, 1.807) is 0 Å². The number of halogens is 5. The van der Waals surface area contributed by atoms with Crippen LogP contribution in [0.1, 0.15) is 32.1 Å². The van der Waals surface area contributed by atoms with Gasteiger partial charge in [-0.1, -0.05) is 20.8 Å². The number of nitrogens with zero attached hydrogens (tertiary/aromatic N) is 3. The fourth-order valence-corrected chi connectivity index (χ4v) is 5.22. The van der Waals surface area contributed by atoms with E-state index in [4.69, 9.17) is 4.74 Å². The van der Waals surface area contributed by atoms with Gasteiger partial charge in [0, 0.05) is 30.7 Å². The molecule has 2 aromatic rings. The van der Waals surface area contributed by atoms with Crippen molar-refractivity contribution in [3.05, 3.63) is 29.2 Å². The predicted molar refractivity (Wildman–Crippen MR) is 122 cm³/mol. The number of aromatic nitrogens is 2. The van der Waals surface area contributed by atoms with Gasteiger partial charge in [-0.2, -0.15) is 8.78 Å². The van der Waals surface area contributed by atoms with Crippen LogP contribution in [0.25, 0.3) is 10.6 Å². The Labute approximate surface area is 209 Å². The van der Waals surface area contributed by atoms with Crippen LogP contribution in [0.2, 0.25) is 0 Å². The third-order valence-corrected chi connectivity index (χ3v) is 7.14. The molecule has 3 heterocycles. The summed E-state index contributed by atoms with van der Waals surface area (Å²) in [6.45, 7) is 2.47. The van der Waals surface area contributed by atoms with Gasteiger partial charge in [0.2, 0.25) is 5.88 Å². The molecule has 13 heteroatoms. The lowest BCUT2D eigenvalue weighted by Gasteiger charge is -2.47. The van der Waals surface area contributed by atoms with Crippen molar-refractivity contribution in [2.45, 2.75) is 46.8 Å². The van der Waals surface area contributed by atoms with Crippen LogP contribution in [0.4, 0.5) is 22.0 Å². The number of likely N-dealkylation sites (tertiary alicyclic amines) is 1. The molecule has 36 heavy (non-hydrogen) atoms. The predicted octanol–water partition coefficient (Wildman–Crippen LogP) is 5.17. The number of piperidine rings is 1. The van der Waals surface area contributed by atoms with Gasteiger partial charge in [0.1, 0.15) is 22.8 Å². The fraction of sp³-hybridized carbons (Fsp3) is 0.609. The highest BCUT2D eigenvalue weighted by Gasteiger charge is 2.48. The third kappa shape index (κ3) is 7.10. The molecule has 1 saturated heterocycles. The summed E-state index contributed by atoms with van der Waals surface area (Å²) < 4.78 is 74.0. The molecular weight excluding hydrogens is 509 g/mol. The third-order valence-electron chi connectivity index (χ3n) is 6.12. The van der Waals surface area contributed by atoms with Crippen LogP contribution < -0.4 is 4.74 Å². The summed E-state index contributed by atoms with van der Waals surface area (Å²) in [5.41, 5.74) is -1.68. The number of aliphatic carboxylic acids is 1. The van der Waals surface area contributed by atoms with Crippen LogP contribution >= 0.6 is 11.3 Å². The molecule has 2 aromatic heterocycles. The first-order valence-corrected chi connectivity index (χ1v) is 12.0. The fourth-order valence-electron chi connectivity index (χ4n) is 4.25. The first kappa shape index (κ1) is 28.2. The second-order valence-electron chi connectivity index (χ2n) is 9.94. The summed E-state index contributed by atoms with van der Waals surface area (Å²) in [6.07, 6.45) is -0.186. The average molecular weight is 538 g/mol. The van der Waals surface area contributed by atoms with E-state index in [-0.39, 0.29) is 48.0 Å². The minimum absolute atomic E-state index is 0.0296. The van der Waals surface area contributed by atoms with E-state index in [1.165, 1.54) is 6.20 Å². The highest BCUT2D eigenvalue weighted by molar-refractivity contribution is 7.15. The number of hydrogen-bond donors (Lipinski definition) is 1. The van der Waals surface area contributed by atoms with Gasteiger partial charge in [-0.05, 0) is 23.8 Å². The standard InChI is InChI=1S/C23H28F5N3O4S/c1-22(2,3)13-5-23(20(32)33,12-34-10-17(25)26)11-31(8-13)9-15-7-30-19(36-15)16-4-14(24)6-29-18(16)35-21(27)28/h4,6-7,13,17,21H,5,8-12H2,1-3H3,(H,32,33)/t13-,23-/m1/s1. The van der Waals surface area contributed by atoms with Crippen molar-refractivity contribution in [2.75, 3.05) is 26.3 Å². The monoisotopic (exact) mass is 537 g/mol. The Morgan fingerprint density at radius 1 is 1.28 bits per heavy atom. The number of carboxylic acid groups (broad SMARTS) is 1. The lowest BCUT2D eigenvalue weighted by atomic mass is 9.67. The molecule has 1 N–H and O–H groups in total. The molecule has 0 radical (unpaired) electrons. The van der Waals surface area contributed by atoms with Crippen LogP contribution in [0, 0.1) is 22.6 Å². The van der Waals surface area contributed by atoms with Gasteiger partial charge in [-0.25, -0.2) is 23.1 Å². The number of carbonyl (C=O) groups is 1. The van der Waals surface area contributed by atoms with Crippen molar-refractivity contribution in [3.63, 3.8) is 0 Å². The number of rotatable bonds is 10. The topological polar surface area (TPSA) is 84.8 Å². The molecule has 7 nitrogen and oxygen atoms in total. The summed E-state index contributed by atoms with van der Waals surface area (Å²) in [6, 6.07) is 1.000. The summed E-state index contributed by atoms with van der Waals surface area (Å²) in [5, 5.41) is 10.3. The number of carboxylic acids is 1. The average Bonchev–Trinajstić information content (AvgIpc) is 3.21. The molecule has 0 bridgehead atoms. The Bertz CT molecular complexity index is 1050. The van der Waals surface area contributed by atoms with Crippen molar-refractivity contribution in [2.24, 2.45) is 16.7 Å². The molecular formula is C23H28F5N3O4S. The van der Waals surface area contributed by atoms with Crippen LogP contribution in [0.5, 0.6) is 5.88 Å². The summed E-state index contributed by atoms with van der Waals surface area (Å²) >= 11 is 1.11. The first-order chi connectivity index (χ1) is 16.8. The number of hydrogen-bond acceptors (Lipinski definition) is 7. The van der Waals surface area contributed by atoms with Gasteiger partial charge in [-0.3, -0.25) is 9.69 Å². The van der Waals surface area contributed by atoms with Crippen LogP contribution in [-0.2, 0) is 16.1 Å². The van der Waals surface area contributed by atoms with E-state index < -0.39 is 42.7 Å². The Hall–Kier alpha value is -2.38. The van der Waals surface area contributed by atoms with E-state index in [0.29, 0.717) is 11.4 Å². The maximum absolute atomic E-state index is 13.8. The van der Waals surface area contributed by atoms with Crippen molar-refractivity contribution in [3.8, 4) is 16.5 Å². The van der Waals surface area contributed by atoms with Crippen LogP contribution in [0.3, 0.4) is 0 Å². The molecule has 1 aliphatic heterocycles. The summed E-state index contributed by atoms with van der Waals surface area (Å²) in [4.78, 5) is 22.7. The molecule has 0 aliphatic carbocycles. The van der Waals surface area contributed by atoms with E-state index in [1.807, 2.05) is 25.7 Å². The normalized spacial score (nSPS) is 21.3. The maximum Gasteiger partial charge on any atom is 0.388 e. The van der Waals surface area contributed by atoms with Gasteiger partial charge in [-0.15, -0.1) is 11.3 Å². The SMILES string of the molecule is CC(C)(C)[C@H]1CN(Cc2cnc(-c3cc(F)cnc3OC(F)F)s2)C[C@](COCC(F)F)(C(=O)O)C1. The molecule has 3 rings (SSSR count). The van der Waals surface area contributed by atoms with Crippen molar-refractivity contribution >= 4 is 17.3 Å². The minimum Gasteiger partial charge on any atom is -0.481 e. The van der Waals surface area contributed by atoms with Crippen molar-refractivity contribution in [1.82, 2.24) is 14.9 Å². The van der Waals surface area contributed by atoms with Gasteiger partial charge < -0.3 is 14.6 Å². The Morgan fingerprint density at radius 3 is 2.61 bits per heavy atom. The van der Waals surface area contributed by atoms with Crippen molar-refractivity contribution in [1.29, 1.82) is 0 Å². The zero-order valence-corrected chi connectivity index (χ0v) is 20.8. The Balaban J connectivity index is 1.85. The molecule has 2 atom stereocenters. The van der Waals surface area contributed by atoms with E-state index in [2.05, 4.69) is 14.7 Å². The summed E-state index contributed by atoms with van der Waals surface area (Å²) in [7, 11) is 0. The number of alkyl halides is 4. The molecule has 0 unspecified atom stereocenters. The second-order valence-corrected chi connectivity index (χ2v) is 11.1. The van der Waals surface area contributed by atoms with Gasteiger partial charge in [0.15, 0.2) is 0 Å².